The lowest BCUT2D eigenvalue weighted by molar-refractivity contribution is 0.152. The van der Waals surface area contributed by atoms with Gasteiger partial charge in [-0.3, -0.25) is 0 Å². The van der Waals surface area contributed by atoms with Gasteiger partial charge in [0.15, 0.2) is 0 Å². The van der Waals surface area contributed by atoms with E-state index >= 15 is 0 Å². The highest BCUT2D eigenvalue weighted by Gasteiger charge is 2.09. The molecule has 0 spiro atoms. The van der Waals surface area contributed by atoms with Crippen LogP contribution in [0.2, 0.25) is 0 Å². The van der Waals surface area contributed by atoms with Crippen LogP contribution >= 0.6 is 0 Å². The number of nitrogens with one attached hydrogen (secondary N) is 1. The number of hydrogen-bond acceptors (Lipinski definition) is 4. The lowest BCUT2D eigenvalue weighted by Gasteiger charge is -2.17. The Bertz CT molecular complexity index is 302. The van der Waals surface area contributed by atoms with Gasteiger partial charge in [-0.15, -0.1) is 0 Å². The monoisotopic (exact) mass is 210 g/mol. The topological polar surface area (TPSA) is 54.4 Å². The first kappa shape index (κ1) is 11.9. The highest BCUT2D eigenvalue weighted by molar-refractivity contribution is 5.25. The Hall–Kier alpha value is -1.13. The van der Waals surface area contributed by atoms with Gasteiger partial charge in [-0.05, 0) is 19.9 Å². The van der Waals surface area contributed by atoms with Crippen LogP contribution < -0.4 is 10.1 Å². The molecule has 0 aliphatic heterocycles. The minimum absolute atomic E-state index is 0.0508. The minimum Gasteiger partial charge on any atom is -0.481 e. The quantitative estimate of drug-likeness (QED) is 0.759. The number of aliphatic hydroxyl groups is 1. The molecule has 1 aromatic heterocycles. The Labute approximate surface area is 90.3 Å². The summed E-state index contributed by atoms with van der Waals surface area (Å²) in [7, 11) is 1.60. The van der Waals surface area contributed by atoms with E-state index < -0.39 is 0 Å². The van der Waals surface area contributed by atoms with Gasteiger partial charge in [0.05, 0.1) is 13.2 Å². The van der Waals surface area contributed by atoms with Crippen molar-refractivity contribution >= 4 is 0 Å². The largest absolute Gasteiger partial charge is 0.481 e. The Morgan fingerprint density at radius 1 is 1.53 bits per heavy atom. The summed E-state index contributed by atoms with van der Waals surface area (Å²) in [5.74, 6) is 0.628. The second-order valence-electron chi connectivity index (χ2n) is 3.58. The summed E-state index contributed by atoms with van der Waals surface area (Å²) < 4.78 is 5.12. The van der Waals surface area contributed by atoms with Crippen molar-refractivity contribution in [2.75, 3.05) is 7.11 Å². The number of ether oxygens (including phenoxy) is 1. The number of hydrogen-bond donors (Lipinski definition) is 2. The molecule has 1 rings (SSSR count). The third-order valence-electron chi connectivity index (χ3n) is 2.38. The van der Waals surface area contributed by atoms with Crippen molar-refractivity contribution in [2.45, 2.75) is 32.5 Å². The molecule has 1 aromatic rings. The van der Waals surface area contributed by atoms with Gasteiger partial charge in [-0.2, -0.15) is 0 Å². The van der Waals surface area contributed by atoms with Crippen LogP contribution in [0.1, 0.15) is 19.4 Å². The molecule has 0 aliphatic carbocycles. The van der Waals surface area contributed by atoms with Crippen LogP contribution in [0.25, 0.3) is 0 Å². The molecule has 1 heterocycles. The van der Waals surface area contributed by atoms with Crippen molar-refractivity contribution < 1.29 is 9.84 Å². The maximum Gasteiger partial charge on any atom is 0.217 e. The number of rotatable bonds is 5. The third-order valence-corrected chi connectivity index (χ3v) is 2.38. The van der Waals surface area contributed by atoms with E-state index in [9.17, 15) is 5.11 Å². The minimum atomic E-state index is -0.368. The second kappa shape index (κ2) is 5.68. The number of aliphatic hydroxyl groups excluding tert-OH is 1. The van der Waals surface area contributed by atoms with Crippen LogP contribution in [0.3, 0.4) is 0 Å². The van der Waals surface area contributed by atoms with Gasteiger partial charge in [-0.1, -0.05) is 6.07 Å². The van der Waals surface area contributed by atoms with Crippen molar-refractivity contribution in [1.29, 1.82) is 0 Å². The molecule has 84 valence electrons. The van der Waals surface area contributed by atoms with Crippen molar-refractivity contribution in [1.82, 2.24) is 10.3 Å². The van der Waals surface area contributed by atoms with Crippen LogP contribution in [-0.4, -0.2) is 29.3 Å². The van der Waals surface area contributed by atoms with Gasteiger partial charge < -0.3 is 15.2 Å². The number of nitrogens with zero attached hydrogens (tertiary/aromatic N) is 1. The Morgan fingerprint density at radius 2 is 2.27 bits per heavy atom. The lowest BCUT2D eigenvalue weighted by Crippen LogP contribution is -2.35. The molecule has 0 aromatic carbocycles. The van der Waals surface area contributed by atoms with Gasteiger partial charge in [0.1, 0.15) is 0 Å². The van der Waals surface area contributed by atoms with E-state index in [1.54, 1.807) is 20.2 Å². The van der Waals surface area contributed by atoms with Gasteiger partial charge in [-0.25, -0.2) is 4.98 Å². The van der Waals surface area contributed by atoms with E-state index in [1.807, 2.05) is 19.1 Å². The number of pyridine rings is 1. The first-order chi connectivity index (χ1) is 7.15. The zero-order valence-electron chi connectivity index (χ0n) is 9.40. The summed E-state index contributed by atoms with van der Waals surface area (Å²) in [4.78, 5) is 4.10. The van der Waals surface area contributed by atoms with E-state index in [0.29, 0.717) is 12.4 Å². The van der Waals surface area contributed by atoms with E-state index in [2.05, 4.69) is 10.3 Å². The molecule has 0 fully saturated rings. The standard InChI is InChI=1S/C11H18N2O2/c1-8(9(2)14)13-7-10-5-4-6-12-11(10)15-3/h4-6,8-9,13-14H,7H2,1-3H3. The fourth-order valence-electron chi connectivity index (χ4n) is 1.18. The fourth-order valence-corrected chi connectivity index (χ4v) is 1.18. The molecular weight excluding hydrogens is 192 g/mol. The Morgan fingerprint density at radius 3 is 2.87 bits per heavy atom. The van der Waals surface area contributed by atoms with Crippen molar-refractivity contribution in [3.63, 3.8) is 0 Å². The maximum absolute atomic E-state index is 9.32. The third kappa shape index (κ3) is 3.49. The van der Waals surface area contributed by atoms with Gasteiger partial charge in [0, 0.05) is 24.3 Å². The molecule has 2 atom stereocenters. The predicted molar refractivity (Wildman–Crippen MR) is 58.8 cm³/mol. The van der Waals surface area contributed by atoms with Crippen molar-refractivity contribution in [2.24, 2.45) is 0 Å². The zero-order chi connectivity index (χ0) is 11.3. The van der Waals surface area contributed by atoms with E-state index in [1.165, 1.54) is 0 Å². The molecular formula is C11H18N2O2. The van der Waals surface area contributed by atoms with Crippen LogP contribution in [0.4, 0.5) is 0 Å². The van der Waals surface area contributed by atoms with Crippen molar-refractivity contribution in [3.05, 3.63) is 23.9 Å². The molecule has 2 unspecified atom stereocenters. The fraction of sp³-hybridized carbons (Fsp3) is 0.545. The molecule has 0 saturated carbocycles. The summed E-state index contributed by atoms with van der Waals surface area (Å²) in [5, 5.41) is 12.5. The smallest absolute Gasteiger partial charge is 0.217 e. The van der Waals surface area contributed by atoms with E-state index in [-0.39, 0.29) is 12.1 Å². The molecule has 4 heteroatoms. The maximum atomic E-state index is 9.32. The number of aromatic nitrogens is 1. The van der Waals surface area contributed by atoms with Crippen molar-refractivity contribution in [3.8, 4) is 5.88 Å². The summed E-state index contributed by atoms with van der Waals surface area (Å²) in [6.07, 6.45) is 1.33. The summed E-state index contributed by atoms with van der Waals surface area (Å²) in [5.41, 5.74) is 0.993. The van der Waals surface area contributed by atoms with Gasteiger partial charge >= 0.3 is 0 Å². The lowest BCUT2D eigenvalue weighted by atomic mass is 10.2. The molecule has 2 N–H and O–H groups in total. The highest BCUT2D eigenvalue weighted by Crippen LogP contribution is 2.13. The molecule has 0 amide bonds. The van der Waals surface area contributed by atoms with Gasteiger partial charge in [0.25, 0.3) is 0 Å². The van der Waals surface area contributed by atoms with Crippen LogP contribution in [0, 0.1) is 0 Å². The highest BCUT2D eigenvalue weighted by atomic mass is 16.5. The van der Waals surface area contributed by atoms with Crippen LogP contribution in [0.15, 0.2) is 18.3 Å². The van der Waals surface area contributed by atoms with Gasteiger partial charge in [0.2, 0.25) is 5.88 Å². The molecule has 0 aliphatic rings. The Balaban J connectivity index is 2.57. The molecule has 0 bridgehead atoms. The second-order valence-corrected chi connectivity index (χ2v) is 3.58. The zero-order valence-corrected chi connectivity index (χ0v) is 9.40. The Kier molecular flexibility index (Phi) is 4.52. The normalized spacial score (nSPS) is 14.7. The van der Waals surface area contributed by atoms with E-state index in [4.69, 9.17) is 4.74 Å². The average molecular weight is 210 g/mol. The molecule has 0 radical (unpaired) electrons. The van der Waals surface area contributed by atoms with Crippen LogP contribution in [0.5, 0.6) is 5.88 Å². The summed E-state index contributed by atoms with van der Waals surface area (Å²) >= 11 is 0. The first-order valence-corrected chi connectivity index (χ1v) is 5.04. The SMILES string of the molecule is COc1ncccc1CNC(C)C(C)O. The van der Waals surface area contributed by atoms with Crippen LogP contribution in [-0.2, 0) is 6.54 Å². The van der Waals surface area contributed by atoms with E-state index in [0.717, 1.165) is 5.56 Å². The molecule has 4 nitrogen and oxygen atoms in total. The molecule has 15 heavy (non-hydrogen) atoms. The predicted octanol–water partition coefficient (Wildman–Crippen LogP) is 0.949. The molecule has 0 saturated heterocycles. The average Bonchev–Trinajstić information content (AvgIpc) is 2.26. The first-order valence-electron chi connectivity index (χ1n) is 5.04. The number of methoxy groups -OCH3 is 1. The summed E-state index contributed by atoms with van der Waals surface area (Å²) in [6, 6.07) is 3.87. The summed E-state index contributed by atoms with van der Waals surface area (Å²) in [6.45, 7) is 4.34.